The highest BCUT2D eigenvalue weighted by atomic mass is 32.2. The molecule has 0 aliphatic carbocycles. The third kappa shape index (κ3) is 2.87. The summed E-state index contributed by atoms with van der Waals surface area (Å²) in [5.74, 6) is 1.12. The van der Waals surface area contributed by atoms with Gasteiger partial charge in [0, 0.05) is 22.7 Å². The minimum atomic E-state index is -0.349. The molecular weight excluding hydrogens is 338 g/mol. The number of aromatic amines is 1. The smallest absolute Gasteiger partial charge is 0.277 e. The zero-order valence-corrected chi connectivity index (χ0v) is 14.5. The fourth-order valence-corrected chi connectivity index (χ4v) is 3.42. The van der Waals surface area contributed by atoms with Crippen LogP contribution in [0.3, 0.4) is 0 Å². The number of nitrogens with zero attached hydrogens (tertiary/aromatic N) is 2. The second-order valence-corrected chi connectivity index (χ2v) is 6.93. The van der Waals surface area contributed by atoms with E-state index in [0.717, 1.165) is 16.5 Å². The van der Waals surface area contributed by atoms with Gasteiger partial charge in [-0.05, 0) is 26.0 Å². The van der Waals surface area contributed by atoms with Gasteiger partial charge in [-0.1, -0.05) is 30.0 Å². The predicted molar refractivity (Wildman–Crippen MR) is 94.7 cm³/mol. The maximum absolute atomic E-state index is 12.8. The van der Waals surface area contributed by atoms with E-state index >= 15 is 0 Å². The van der Waals surface area contributed by atoms with Crippen LogP contribution in [0, 0.1) is 6.92 Å². The van der Waals surface area contributed by atoms with E-state index in [4.69, 9.17) is 8.83 Å². The number of para-hydroxylation sites is 1. The maximum atomic E-state index is 12.8. The fraction of sp³-hybridized carbons (Fsp3) is 0.167. The Morgan fingerprint density at radius 1 is 1.24 bits per heavy atom. The van der Waals surface area contributed by atoms with Crippen molar-refractivity contribution < 1.29 is 13.6 Å². The van der Waals surface area contributed by atoms with E-state index in [1.165, 1.54) is 11.8 Å². The number of benzene rings is 1. The summed E-state index contributed by atoms with van der Waals surface area (Å²) in [6.45, 7) is 3.66. The van der Waals surface area contributed by atoms with Crippen molar-refractivity contribution in [3.63, 3.8) is 0 Å². The molecule has 1 aromatic carbocycles. The van der Waals surface area contributed by atoms with Crippen LogP contribution in [-0.2, 0) is 0 Å². The predicted octanol–water partition coefficient (Wildman–Crippen LogP) is 4.48. The van der Waals surface area contributed by atoms with Crippen LogP contribution in [0.15, 0.2) is 56.8 Å². The van der Waals surface area contributed by atoms with Gasteiger partial charge in [0.25, 0.3) is 11.1 Å². The lowest BCUT2D eigenvalue weighted by molar-refractivity contribution is 0.0995. The van der Waals surface area contributed by atoms with Crippen molar-refractivity contribution in [2.75, 3.05) is 0 Å². The molecule has 0 radical (unpaired) electrons. The molecule has 0 fully saturated rings. The van der Waals surface area contributed by atoms with Gasteiger partial charge < -0.3 is 13.8 Å². The van der Waals surface area contributed by atoms with Crippen molar-refractivity contribution in [2.24, 2.45) is 0 Å². The standard InChI is InChI=1S/C18H15N3O3S/c1-10-12(7-8-23-10)17-20-21-18(24-17)25-11(2)16(22)14-9-19-15-6-4-3-5-13(14)15/h3-9,11,19H,1-2H3/t11-/m1/s1. The van der Waals surface area contributed by atoms with Gasteiger partial charge in [0.05, 0.1) is 17.1 Å². The van der Waals surface area contributed by atoms with Gasteiger partial charge >= 0.3 is 0 Å². The van der Waals surface area contributed by atoms with E-state index in [-0.39, 0.29) is 11.0 Å². The molecule has 0 bridgehead atoms. The summed E-state index contributed by atoms with van der Waals surface area (Å²) in [5, 5.41) is 8.98. The van der Waals surface area contributed by atoms with Gasteiger partial charge in [-0.15, -0.1) is 10.2 Å². The number of thioether (sulfide) groups is 1. The molecule has 0 unspecified atom stereocenters. The molecule has 4 aromatic rings. The lowest BCUT2D eigenvalue weighted by Gasteiger charge is -2.06. The van der Waals surface area contributed by atoms with E-state index in [2.05, 4.69) is 15.2 Å². The Bertz CT molecular complexity index is 1050. The summed E-state index contributed by atoms with van der Waals surface area (Å²) < 4.78 is 10.9. The average molecular weight is 353 g/mol. The van der Waals surface area contributed by atoms with Crippen molar-refractivity contribution in [3.8, 4) is 11.5 Å². The van der Waals surface area contributed by atoms with Gasteiger partial charge in [0.15, 0.2) is 5.78 Å². The summed E-state index contributed by atoms with van der Waals surface area (Å²) in [7, 11) is 0. The number of fused-ring (bicyclic) bond motifs is 1. The highest BCUT2D eigenvalue weighted by Crippen LogP contribution is 2.30. The second-order valence-electron chi connectivity index (χ2n) is 5.64. The molecule has 6 nitrogen and oxygen atoms in total. The molecule has 25 heavy (non-hydrogen) atoms. The van der Waals surface area contributed by atoms with Crippen LogP contribution in [-0.4, -0.2) is 26.2 Å². The van der Waals surface area contributed by atoms with Crippen molar-refractivity contribution in [3.05, 3.63) is 54.1 Å². The summed E-state index contributed by atoms with van der Waals surface area (Å²) in [6, 6.07) is 9.51. The van der Waals surface area contributed by atoms with Crippen LogP contribution < -0.4 is 0 Å². The molecule has 3 heterocycles. The molecule has 1 atom stereocenters. The summed E-state index contributed by atoms with van der Waals surface area (Å²) in [5.41, 5.74) is 2.37. The van der Waals surface area contributed by atoms with Gasteiger partial charge in [-0.3, -0.25) is 4.79 Å². The van der Waals surface area contributed by atoms with Crippen molar-refractivity contribution in [2.45, 2.75) is 24.3 Å². The molecule has 0 spiro atoms. The maximum Gasteiger partial charge on any atom is 0.277 e. The highest BCUT2D eigenvalue weighted by molar-refractivity contribution is 8.00. The molecule has 0 aliphatic heterocycles. The number of rotatable bonds is 5. The Kier molecular flexibility index (Phi) is 3.93. The minimum absolute atomic E-state index is 0.0155. The van der Waals surface area contributed by atoms with E-state index in [1.807, 2.05) is 38.1 Å². The van der Waals surface area contributed by atoms with Crippen LogP contribution in [0.5, 0.6) is 0 Å². The first-order valence-corrected chi connectivity index (χ1v) is 8.66. The number of furan rings is 1. The Labute approximate surface area is 147 Å². The molecule has 4 rings (SSSR count). The molecule has 126 valence electrons. The number of H-pyrrole nitrogens is 1. The number of hydrogen-bond acceptors (Lipinski definition) is 6. The number of nitrogens with one attached hydrogen (secondary N) is 1. The molecule has 7 heteroatoms. The summed E-state index contributed by atoms with van der Waals surface area (Å²) in [6.07, 6.45) is 3.32. The first kappa shape index (κ1) is 15.7. The lowest BCUT2D eigenvalue weighted by atomic mass is 10.1. The van der Waals surface area contributed by atoms with E-state index < -0.39 is 0 Å². The van der Waals surface area contributed by atoms with Gasteiger partial charge in [0.1, 0.15) is 5.76 Å². The number of ketones is 1. The van der Waals surface area contributed by atoms with Gasteiger partial charge in [-0.2, -0.15) is 0 Å². The van der Waals surface area contributed by atoms with E-state index in [0.29, 0.717) is 22.4 Å². The molecule has 3 aromatic heterocycles. The van der Waals surface area contributed by atoms with Gasteiger partial charge in [-0.25, -0.2) is 0 Å². The largest absolute Gasteiger partial charge is 0.469 e. The Morgan fingerprint density at radius 2 is 2.08 bits per heavy atom. The first-order valence-electron chi connectivity index (χ1n) is 7.78. The van der Waals surface area contributed by atoms with Crippen molar-refractivity contribution in [1.82, 2.24) is 15.2 Å². The number of aromatic nitrogens is 3. The van der Waals surface area contributed by atoms with Gasteiger partial charge in [0.2, 0.25) is 0 Å². The third-order valence-electron chi connectivity index (χ3n) is 4.00. The molecule has 0 saturated heterocycles. The average Bonchev–Trinajstić information content (AvgIpc) is 3.33. The molecular formula is C18H15N3O3S. The lowest BCUT2D eigenvalue weighted by Crippen LogP contribution is -2.13. The first-order chi connectivity index (χ1) is 12.1. The third-order valence-corrected chi connectivity index (χ3v) is 4.93. The van der Waals surface area contributed by atoms with Crippen LogP contribution in [0.1, 0.15) is 23.0 Å². The molecule has 0 aliphatic rings. The fourth-order valence-electron chi connectivity index (χ4n) is 2.67. The van der Waals surface area contributed by atoms with E-state index in [9.17, 15) is 4.79 Å². The monoisotopic (exact) mass is 353 g/mol. The Hall–Kier alpha value is -2.80. The Balaban J connectivity index is 1.54. The summed E-state index contributed by atoms with van der Waals surface area (Å²) in [4.78, 5) is 15.9. The number of carbonyl (C=O) groups excluding carboxylic acids is 1. The minimum Gasteiger partial charge on any atom is -0.469 e. The number of Topliss-reactive ketones (excluding diaryl/α,β-unsaturated/α-hetero) is 1. The number of aryl methyl sites for hydroxylation is 1. The molecule has 0 saturated carbocycles. The molecule has 0 amide bonds. The normalized spacial score (nSPS) is 12.6. The van der Waals surface area contributed by atoms with Crippen molar-refractivity contribution in [1.29, 1.82) is 0 Å². The van der Waals surface area contributed by atoms with Crippen LogP contribution in [0.2, 0.25) is 0 Å². The number of hydrogen-bond donors (Lipinski definition) is 1. The number of carbonyl (C=O) groups is 1. The zero-order chi connectivity index (χ0) is 17.4. The van der Waals surface area contributed by atoms with Crippen LogP contribution >= 0.6 is 11.8 Å². The molecule has 1 N–H and O–H groups in total. The van der Waals surface area contributed by atoms with Crippen molar-refractivity contribution >= 4 is 28.4 Å². The van der Waals surface area contributed by atoms with Crippen LogP contribution in [0.4, 0.5) is 0 Å². The topological polar surface area (TPSA) is 84.9 Å². The SMILES string of the molecule is Cc1occc1-c1nnc(S[C@H](C)C(=O)c2c[nH]c3ccccc23)o1. The second kappa shape index (κ2) is 6.25. The Morgan fingerprint density at radius 3 is 2.88 bits per heavy atom. The quantitative estimate of drug-likeness (QED) is 0.420. The highest BCUT2D eigenvalue weighted by Gasteiger charge is 2.23. The van der Waals surface area contributed by atoms with Crippen LogP contribution in [0.25, 0.3) is 22.4 Å². The summed E-state index contributed by atoms with van der Waals surface area (Å²) >= 11 is 1.25. The van der Waals surface area contributed by atoms with E-state index in [1.54, 1.807) is 18.5 Å². The zero-order valence-electron chi connectivity index (χ0n) is 13.6.